The van der Waals surface area contributed by atoms with Gasteiger partial charge in [-0.2, -0.15) is 0 Å². The van der Waals surface area contributed by atoms with E-state index in [1.54, 1.807) is 50.3 Å². The molecule has 0 fully saturated rings. The Kier molecular flexibility index (Phi) is 6.58. The van der Waals surface area contributed by atoms with Gasteiger partial charge in [-0.05, 0) is 35.9 Å². The van der Waals surface area contributed by atoms with Crippen molar-refractivity contribution in [3.8, 4) is 5.75 Å². The van der Waals surface area contributed by atoms with Gasteiger partial charge < -0.3 is 14.5 Å². The van der Waals surface area contributed by atoms with Crippen molar-refractivity contribution in [3.63, 3.8) is 0 Å². The first-order valence-electron chi connectivity index (χ1n) is 7.80. The standard InChI is InChI=1S/C19H21BrN2O3/c1-21(2)19(24)14-8-10-16(11-9-14)25-13-18(23)22(3)12-15-6-4-5-7-17(15)20/h4-11H,12-13H2,1-3H3. The van der Waals surface area contributed by atoms with Gasteiger partial charge in [0.15, 0.2) is 6.61 Å². The monoisotopic (exact) mass is 404 g/mol. The summed E-state index contributed by atoms with van der Waals surface area (Å²) in [5.41, 5.74) is 1.61. The molecule has 2 rings (SSSR count). The van der Waals surface area contributed by atoms with E-state index in [1.165, 1.54) is 4.90 Å². The maximum Gasteiger partial charge on any atom is 0.260 e. The molecule has 6 heteroatoms. The molecule has 0 atom stereocenters. The number of benzene rings is 2. The fourth-order valence-corrected chi connectivity index (χ4v) is 2.59. The number of halogens is 1. The number of rotatable bonds is 6. The number of ether oxygens (including phenoxy) is 1. The van der Waals surface area contributed by atoms with E-state index < -0.39 is 0 Å². The van der Waals surface area contributed by atoms with Crippen LogP contribution in [0, 0.1) is 0 Å². The van der Waals surface area contributed by atoms with Gasteiger partial charge in [0.1, 0.15) is 5.75 Å². The van der Waals surface area contributed by atoms with Crippen molar-refractivity contribution >= 4 is 27.7 Å². The molecule has 0 bridgehead atoms. The normalized spacial score (nSPS) is 10.2. The lowest BCUT2D eigenvalue weighted by molar-refractivity contribution is -0.132. The molecule has 2 aromatic rings. The molecule has 5 nitrogen and oxygen atoms in total. The second-order valence-electron chi connectivity index (χ2n) is 5.85. The molecule has 0 aliphatic rings. The summed E-state index contributed by atoms with van der Waals surface area (Å²) in [6, 6.07) is 14.5. The van der Waals surface area contributed by atoms with Gasteiger partial charge in [-0.25, -0.2) is 0 Å². The second kappa shape index (κ2) is 8.67. The number of nitrogens with zero attached hydrogens (tertiary/aromatic N) is 2. The molecule has 0 radical (unpaired) electrons. The zero-order chi connectivity index (χ0) is 18.4. The maximum absolute atomic E-state index is 12.2. The van der Waals surface area contributed by atoms with Gasteiger partial charge in [-0.15, -0.1) is 0 Å². The Labute approximate surface area is 156 Å². The number of carbonyl (C=O) groups excluding carboxylic acids is 2. The van der Waals surface area contributed by atoms with Gasteiger partial charge in [0.25, 0.3) is 11.8 Å². The smallest absolute Gasteiger partial charge is 0.260 e. The summed E-state index contributed by atoms with van der Waals surface area (Å²) in [5, 5.41) is 0. The quantitative estimate of drug-likeness (QED) is 0.742. The summed E-state index contributed by atoms with van der Waals surface area (Å²) >= 11 is 3.48. The summed E-state index contributed by atoms with van der Waals surface area (Å²) < 4.78 is 6.49. The maximum atomic E-state index is 12.2. The fourth-order valence-electron chi connectivity index (χ4n) is 2.18. The van der Waals surface area contributed by atoms with E-state index in [-0.39, 0.29) is 18.4 Å². The lowest BCUT2D eigenvalue weighted by Crippen LogP contribution is -2.31. The van der Waals surface area contributed by atoms with Gasteiger partial charge in [-0.1, -0.05) is 34.1 Å². The number of likely N-dealkylation sites (N-methyl/N-ethyl adjacent to an activating group) is 1. The van der Waals surface area contributed by atoms with Crippen LogP contribution in [0.3, 0.4) is 0 Å². The van der Waals surface area contributed by atoms with Crippen LogP contribution in [0.4, 0.5) is 0 Å². The molecule has 132 valence electrons. The molecule has 0 heterocycles. The Bertz CT molecular complexity index is 745. The van der Waals surface area contributed by atoms with E-state index in [4.69, 9.17) is 4.74 Å². The van der Waals surface area contributed by atoms with Gasteiger partial charge in [-0.3, -0.25) is 9.59 Å². The minimum atomic E-state index is -0.121. The molecule has 2 aromatic carbocycles. The van der Waals surface area contributed by atoms with Crippen LogP contribution < -0.4 is 4.74 Å². The Hall–Kier alpha value is -2.34. The van der Waals surface area contributed by atoms with Crippen LogP contribution in [0.15, 0.2) is 53.0 Å². The third-order valence-corrected chi connectivity index (χ3v) is 4.43. The van der Waals surface area contributed by atoms with E-state index >= 15 is 0 Å². The van der Waals surface area contributed by atoms with E-state index in [0.29, 0.717) is 17.9 Å². The molecule has 25 heavy (non-hydrogen) atoms. The number of carbonyl (C=O) groups is 2. The highest BCUT2D eigenvalue weighted by Crippen LogP contribution is 2.18. The largest absolute Gasteiger partial charge is 0.484 e. The lowest BCUT2D eigenvalue weighted by Gasteiger charge is -2.18. The van der Waals surface area contributed by atoms with Crippen LogP contribution >= 0.6 is 15.9 Å². The summed E-state index contributed by atoms with van der Waals surface area (Å²) in [5.74, 6) is 0.359. The van der Waals surface area contributed by atoms with Crippen molar-refractivity contribution in [2.75, 3.05) is 27.7 Å². The average Bonchev–Trinajstić information content (AvgIpc) is 2.61. The van der Waals surface area contributed by atoms with Crippen LogP contribution in [-0.2, 0) is 11.3 Å². The zero-order valence-electron chi connectivity index (χ0n) is 14.5. The highest BCUT2D eigenvalue weighted by molar-refractivity contribution is 9.10. The highest BCUT2D eigenvalue weighted by atomic mass is 79.9. The first-order chi connectivity index (χ1) is 11.9. The summed E-state index contributed by atoms with van der Waals surface area (Å²) in [6.45, 7) is 0.446. The van der Waals surface area contributed by atoms with E-state index in [0.717, 1.165) is 10.0 Å². The third kappa shape index (κ3) is 5.32. The zero-order valence-corrected chi connectivity index (χ0v) is 16.1. The minimum Gasteiger partial charge on any atom is -0.484 e. The van der Waals surface area contributed by atoms with Gasteiger partial charge in [0.05, 0.1) is 0 Å². The van der Waals surface area contributed by atoms with E-state index in [1.807, 2.05) is 24.3 Å². The first kappa shape index (κ1) is 19.0. The molecule has 0 unspecified atom stereocenters. The van der Waals surface area contributed by atoms with Crippen molar-refractivity contribution in [2.45, 2.75) is 6.54 Å². The number of amides is 2. The minimum absolute atomic E-state index is 0.0536. The van der Waals surface area contributed by atoms with Crippen LogP contribution in [0.25, 0.3) is 0 Å². The molecule has 0 aliphatic heterocycles. The van der Waals surface area contributed by atoms with Crippen LogP contribution in [0.1, 0.15) is 15.9 Å². The fraction of sp³-hybridized carbons (Fsp3) is 0.263. The van der Waals surface area contributed by atoms with Gasteiger partial charge in [0, 0.05) is 37.7 Å². The average molecular weight is 405 g/mol. The predicted molar refractivity (Wildman–Crippen MR) is 101 cm³/mol. The Morgan fingerprint density at radius 2 is 1.64 bits per heavy atom. The number of hydrogen-bond acceptors (Lipinski definition) is 3. The molecule has 0 saturated heterocycles. The topological polar surface area (TPSA) is 49.9 Å². The SMILES string of the molecule is CN(C)C(=O)c1ccc(OCC(=O)N(C)Cc2ccccc2Br)cc1. The van der Waals surface area contributed by atoms with Crippen molar-refractivity contribution < 1.29 is 14.3 Å². The summed E-state index contributed by atoms with van der Waals surface area (Å²) in [4.78, 5) is 27.2. The van der Waals surface area contributed by atoms with Crippen LogP contribution in [0.5, 0.6) is 5.75 Å². The molecular formula is C19H21BrN2O3. The van der Waals surface area contributed by atoms with Gasteiger partial charge >= 0.3 is 0 Å². The van der Waals surface area contributed by atoms with E-state index in [9.17, 15) is 9.59 Å². The van der Waals surface area contributed by atoms with Crippen molar-refractivity contribution in [2.24, 2.45) is 0 Å². The molecule has 2 amide bonds. The van der Waals surface area contributed by atoms with Crippen molar-refractivity contribution in [3.05, 3.63) is 64.1 Å². The molecular weight excluding hydrogens is 384 g/mol. The molecule has 0 saturated carbocycles. The van der Waals surface area contributed by atoms with Crippen LogP contribution in [-0.4, -0.2) is 49.4 Å². The molecule has 0 aromatic heterocycles. The predicted octanol–water partition coefficient (Wildman–Crippen LogP) is 3.19. The summed E-state index contributed by atoms with van der Waals surface area (Å²) in [6.07, 6.45) is 0. The Balaban J connectivity index is 1.89. The first-order valence-corrected chi connectivity index (χ1v) is 8.59. The number of hydrogen-bond donors (Lipinski definition) is 0. The summed E-state index contributed by atoms with van der Waals surface area (Å²) in [7, 11) is 5.14. The lowest BCUT2D eigenvalue weighted by atomic mass is 10.2. The second-order valence-corrected chi connectivity index (χ2v) is 6.71. The molecule has 0 N–H and O–H groups in total. The Morgan fingerprint density at radius 3 is 2.24 bits per heavy atom. The third-order valence-electron chi connectivity index (χ3n) is 3.66. The molecule has 0 aliphatic carbocycles. The van der Waals surface area contributed by atoms with Gasteiger partial charge in [0.2, 0.25) is 0 Å². The Morgan fingerprint density at radius 1 is 1.00 bits per heavy atom. The molecule has 0 spiro atoms. The van der Waals surface area contributed by atoms with Crippen LogP contribution in [0.2, 0.25) is 0 Å². The van der Waals surface area contributed by atoms with Crippen molar-refractivity contribution in [1.29, 1.82) is 0 Å². The van der Waals surface area contributed by atoms with E-state index in [2.05, 4.69) is 15.9 Å². The highest BCUT2D eigenvalue weighted by Gasteiger charge is 2.12. The van der Waals surface area contributed by atoms with Crippen molar-refractivity contribution in [1.82, 2.24) is 9.80 Å².